The van der Waals surface area contributed by atoms with Crippen molar-refractivity contribution in [3.8, 4) is 0 Å². The molecular weight excluding hydrogens is 462 g/mol. The van der Waals surface area contributed by atoms with E-state index in [1.165, 1.54) is 19.9 Å². The van der Waals surface area contributed by atoms with Crippen LogP contribution in [0.25, 0.3) is 0 Å². The monoisotopic (exact) mass is 511 g/mol. The molecule has 0 aliphatic carbocycles. The summed E-state index contributed by atoms with van der Waals surface area (Å²) in [6.45, 7) is 10.5. The average Bonchev–Trinajstić information content (AvgIpc) is 2.73. The molecule has 0 heterocycles. The van der Waals surface area contributed by atoms with Crippen molar-refractivity contribution in [3.05, 3.63) is 0 Å². The quantitative estimate of drug-likeness (QED) is 0.172. The summed E-state index contributed by atoms with van der Waals surface area (Å²) in [5.41, 5.74) is 0. The fraction of sp³-hybridized carbons (Fsp3) is 0.792. The Bertz CT molecular complexity index is 522. The third-order valence-corrected chi connectivity index (χ3v) is 3.72. The van der Waals surface area contributed by atoms with Crippen LogP contribution in [0, 0.1) is 5.92 Å². The van der Waals surface area contributed by atoms with Crippen LogP contribution in [-0.4, -0.2) is 80.9 Å². The van der Waals surface area contributed by atoms with Crippen molar-refractivity contribution in [2.45, 2.75) is 98.8 Å². The van der Waals surface area contributed by atoms with E-state index in [0.29, 0.717) is 12.8 Å². The van der Waals surface area contributed by atoms with E-state index in [4.69, 9.17) is 25.5 Å². The number of nitrogens with zero attached hydrogens (tertiary/aromatic N) is 1. The molecule has 0 aromatic heterocycles. The Balaban J connectivity index is -0.000000109. The maximum atomic E-state index is 9.99. The van der Waals surface area contributed by atoms with Crippen LogP contribution in [0.4, 0.5) is 0 Å². The van der Waals surface area contributed by atoms with Crippen LogP contribution in [0.15, 0.2) is 0 Å². The largest absolute Gasteiger partial charge is 0.481 e. The first-order valence-electron chi connectivity index (χ1n) is 11.9. The van der Waals surface area contributed by atoms with Gasteiger partial charge >= 0.3 is 29.8 Å². The standard InChI is InChI=1S/C6H12O2.C5H13N.C5H8O4.C5H10O2.C3H6O2/c1-2-3-4-5-6(7)8;1-4-5-6(2)3;1-2-3(4(6)7)5(8)9;1-2-3-4-5(6)7;1-2-3(4)5/h2-5H2,1H3,(H,7,8);4-5H2,1-3H3;3H,2H2,1H3,(H,6,7)(H,8,9);2-4H2,1H3,(H,6,7);2H2,1H3,(H,4,5). The second-order valence-electron chi connectivity index (χ2n) is 7.54. The molecule has 0 fully saturated rings. The molecule has 0 bridgehead atoms. The van der Waals surface area contributed by atoms with Gasteiger partial charge in [0, 0.05) is 19.3 Å². The number of carbonyl (C=O) groups is 5. The Hall–Kier alpha value is -2.69. The molecule has 0 spiro atoms. The normalized spacial score (nSPS) is 9.06. The zero-order chi connectivity index (χ0) is 28.8. The highest BCUT2D eigenvalue weighted by Gasteiger charge is 2.22. The highest BCUT2D eigenvalue weighted by molar-refractivity contribution is 5.92. The molecule has 0 aliphatic rings. The zero-order valence-corrected chi connectivity index (χ0v) is 22.6. The van der Waals surface area contributed by atoms with Crippen molar-refractivity contribution >= 4 is 29.8 Å². The third kappa shape index (κ3) is 59.2. The van der Waals surface area contributed by atoms with Crippen LogP contribution in [0.3, 0.4) is 0 Å². The van der Waals surface area contributed by atoms with Gasteiger partial charge in [0.2, 0.25) is 0 Å². The van der Waals surface area contributed by atoms with Gasteiger partial charge in [0.25, 0.3) is 0 Å². The van der Waals surface area contributed by atoms with E-state index in [0.717, 1.165) is 32.1 Å². The second-order valence-corrected chi connectivity index (χ2v) is 7.54. The molecule has 0 aromatic carbocycles. The molecule has 0 saturated heterocycles. The molecule has 11 nitrogen and oxygen atoms in total. The van der Waals surface area contributed by atoms with E-state index in [1.54, 1.807) is 6.92 Å². The summed E-state index contributed by atoms with van der Waals surface area (Å²) < 4.78 is 0. The Morgan fingerprint density at radius 2 is 0.971 bits per heavy atom. The maximum Gasteiger partial charge on any atom is 0.317 e. The molecule has 210 valence electrons. The predicted molar refractivity (Wildman–Crippen MR) is 135 cm³/mol. The lowest BCUT2D eigenvalue weighted by atomic mass is 10.1. The first kappa shape index (κ1) is 42.5. The van der Waals surface area contributed by atoms with Crippen molar-refractivity contribution < 1.29 is 49.5 Å². The van der Waals surface area contributed by atoms with Crippen LogP contribution >= 0.6 is 0 Å². The molecule has 0 saturated carbocycles. The highest BCUT2D eigenvalue weighted by Crippen LogP contribution is 2.01. The minimum Gasteiger partial charge on any atom is -0.481 e. The highest BCUT2D eigenvalue weighted by atomic mass is 16.4. The van der Waals surface area contributed by atoms with Crippen molar-refractivity contribution in [3.63, 3.8) is 0 Å². The molecule has 5 N–H and O–H groups in total. The maximum absolute atomic E-state index is 9.99. The number of carboxylic acids is 5. The van der Waals surface area contributed by atoms with E-state index >= 15 is 0 Å². The predicted octanol–water partition coefficient (Wildman–Crippen LogP) is 4.53. The van der Waals surface area contributed by atoms with Gasteiger partial charge in [0.15, 0.2) is 5.92 Å². The number of aliphatic carboxylic acids is 5. The number of rotatable bonds is 13. The lowest BCUT2D eigenvalue weighted by Crippen LogP contribution is -2.21. The van der Waals surface area contributed by atoms with Crippen LogP contribution in [0.5, 0.6) is 0 Å². The number of hydrogen-bond acceptors (Lipinski definition) is 6. The molecular formula is C24H49NO10. The molecule has 0 unspecified atom stereocenters. The van der Waals surface area contributed by atoms with Gasteiger partial charge in [0.05, 0.1) is 0 Å². The first-order valence-corrected chi connectivity index (χ1v) is 11.9. The van der Waals surface area contributed by atoms with Crippen LogP contribution in [-0.2, 0) is 24.0 Å². The van der Waals surface area contributed by atoms with Crippen molar-refractivity contribution in [1.82, 2.24) is 4.90 Å². The minimum atomic E-state index is -1.27. The van der Waals surface area contributed by atoms with Gasteiger partial charge < -0.3 is 30.4 Å². The molecule has 0 radical (unpaired) electrons. The van der Waals surface area contributed by atoms with Gasteiger partial charge in [0.1, 0.15) is 0 Å². The van der Waals surface area contributed by atoms with E-state index in [9.17, 15) is 24.0 Å². The molecule has 0 aliphatic heterocycles. The Labute approximate surface area is 210 Å². The third-order valence-electron chi connectivity index (χ3n) is 3.72. The van der Waals surface area contributed by atoms with Crippen molar-refractivity contribution in [2.24, 2.45) is 5.92 Å². The summed E-state index contributed by atoms with van der Waals surface area (Å²) in [6, 6.07) is 0. The lowest BCUT2D eigenvalue weighted by Gasteiger charge is -2.03. The fourth-order valence-corrected chi connectivity index (χ4v) is 1.76. The zero-order valence-electron chi connectivity index (χ0n) is 22.6. The summed E-state index contributed by atoms with van der Waals surface area (Å²) in [4.78, 5) is 51.2. The molecule has 35 heavy (non-hydrogen) atoms. The topological polar surface area (TPSA) is 190 Å². The first-order chi connectivity index (χ1) is 16.2. The average molecular weight is 512 g/mol. The summed E-state index contributed by atoms with van der Waals surface area (Å²) in [5.74, 6) is -5.91. The Kier molecular flexibility index (Phi) is 40.6. The fourth-order valence-electron chi connectivity index (χ4n) is 1.76. The van der Waals surface area contributed by atoms with Gasteiger partial charge in [-0.05, 0) is 46.3 Å². The second kappa shape index (κ2) is 33.5. The van der Waals surface area contributed by atoms with Crippen molar-refractivity contribution in [2.75, 3.05) is 20.6 Å². The van der Waals surface area contributed by atoms with Crippen molar-refractivity contribution in [1.29, 1.82) is 0 Å². The van der Waals surface area contributed by atoms with Crippen LogP contribution in [0.1, 0.15) is 98.8 Å². The minimum absolute atomic E-state index is 0.130. The molecule has 0 rings (SSSR count). The number of hydrogen-bond donors (Lipinski definition) is 5. The molecule has 0 atom stereocenters. The molecule has 0 amide bonds. The number of unbranched alkanes of at least 4 members (excludes halogenated alkanes) is 3. The SMILES string of the molecule is CCC(=O)O.CCC(C(=O)O)C(=O)O.CCCCC(=O)O.CCCCCC(=O)O.CCCN(C)C. The lowest BCUT2D eigenvalue weighted by molar-refractivity contribution is -0.154. The Morgan fingerprint density at radius 3 is 1.09 bits per heavy atom. The van der Waals surface area contributed by atoms with E-state index < -0.39 is 35.8 Å². The van der Waals surface area contributed by atoms with Gasteiger partial charge in [-0.3, -0.25) is 24.0 Å². The summed E-state index contributed by atoms with van der Waals surface area (Å²) in [7, 11) is 4.17. The van der Waals surface area contributed by atoms with Crippen LogP contribution in [0.2, 0.25) is 0 Å². The van der Waals surface area contributed by atoms with Gasteiger partial charge in [-0.15, -0.1) is 0 Å². The van der Waals surface area contributed by atoms with Crippen LogP contribution < -0.4 is 0 Å². The van der Waals surface area contributed by atoms with E-state index in [-0.39, 0.29) is 12.8 Å². The Morgan fingerprint density at radius 1 is 0.600 bits per heavy atom. The summed E-state index contributed by atoms with van der Waals surface area (Å²) in [6.07, 6.45) is 6.97. The van der Waals surface area contributed by atoms with Gasteiger partial charge in [-0.1, -0.05) is 53.9 Å². The summed E-state index contributed by atoms with van der Waals surface area (Å²) >= 11 is 0. The molecule has 0 aromatic rings. The molecule has 11 heteroatoms. The van der Waals surface area contributed by atoms with E-state index in [1.807, 2.05) is 6.92 Å². The smallest absolute Gasteiger partial charge is 0.317 e. The van der Waals surface area contributed by atoms with E-state index in [2.05, 4.69) is 32.8 Å². The number of carboxylic acid groups (broad SMARTS) is 5. The summed E-state index contributed by atoms with van der Waals surface area (Å²) in [5, 5.41) is 40.2. The van der Waals surface area contributed by atoms with Gasteiger partial charge in [-0.2, -0.15) is 0 Å². The van der Waals surface area contributed by atoms with Gasteiger partial charge in [-0.25, -0.2) is 0 Å².